The Labute approximate surface area is 136 Å². The Hall–Kier alpha value is -1.10. The minimum atomic E-state index is -0.408. The summed E-state index contributed by atoms with van der Waals surface area (Å²) in [5.74, 6) is 0.235. The van der Waals surface area contributed by atoms with Crippen LogP contribution in [-0.2, 0) is 11.3 Å². The summed E-state index contributed by atoms with van der Waals surface area (Å²) >= 11 is 1.72. The van der Waals surface area contributed by atoms with Gasteiger partial charge in [-0.25, -0.2) is 0 Å². The maximum absolute atomic E-state index is 12.3. The van der Waals surface area contributed by atoms with E-state index in [0.29, 0.717) is 6.54 Å². The van der Waals surface area contributed by atoms with Crippen molar-refractivity contribution in [3.05, 3.63) is 35.2 Å². The Morgan fingerprint density at radius 2 is 2.05 bits per heavy atom. The predicted molar refractivity (Wildman–Crippen MR) is 93.0 cm³/mol. The van der Waals surface area contributed by atoms with Gasteiger partial charge in [0.1, 0.15) is 0 Å². The molecule has 0 aliphatic carbocycles. The number of hydrogen-bond acceptors (Lipinski definition) is 3. The summed E-state index contributed by atoms with van der Waals surface area (Å²) in [7, 11) is 1.83. The van der Waals surface area contributed by atoms with Crippen molar-refractivity contribution in [1.29, 1.82) is 0 Å². The highest BCUT2D eigenvalue weighted by Crippen LogP contribution is 2.26. The molecule has 2 unspecified atom stereocenters. The molecule has 1 aromatic heterocycles. The number of nitrogens with two attached hydrogens (primary N) is 1. The summed E-state index contributed by atoms with van der Waals surface area (Å²) in [4.78, 5) is 14.1. The fourth-order valence-electron chi connectivity index (χ4n) is 2.24. The van der Waals surface area contributed by atoms with Crippen LogP contribution in [0.1, 0.15) is 25.8 Å². The van der Waals surface area contributed by atoms with Crippen LogP contribution < -0.4 is 5.73 Å². The van der Waals surface area contributed by atoms with Crippen LogP contribution in [0.5, 0.6) is 0 Å². The second kappa shape index (κ2) is 7.78. The molecular weight excluding hydrogens is 304 g/mol. The number of amides is 1. The first kappa shape index (κ1) is 18.0. The van der Waals surface area contributed by atoms with Gasteiger partial charge in [-0.05, 0) is 28.3 Å². The molecule has 2 aromatic rings. The lowest BCUT2D eigenvalue weighted by atomic mass is 9.99. The first-order valence-electron chi connectivity index (χ1n) is 7.00. The highest BCUT2D eigenvalue weighted by atomic mass is 35.5. The summed E-state index contributed by atoms with van der Waals surface area (Å²) in [6.07, 6.45) is 0.919. The zero-order valence-electron chi connectivity index (χ0n) is 12.7. The van der Waals surface area contributed by atoms with Gasteiger partial charge in [0.2, 0.25) is 5.91 Å². The second-order valence-electron chi connectivity index (χ2n) is 5.36. The molecule has 0 aliphatic heterocycles. The Bertz CT molecular complexity index is 599. The number of halogens is 1. The van der Waals surface area contributed by atoms with Crippen LogP contribution in [0.4, 0.5) is 0 Å². The molecule has 0 saturated carbocycles. The van der Waals surface area contributed by atoms with Crippen LogP contribution in [0.2, 0.25) is 0 Å². The maximum atomic E-state index is 12.3. The first-order valence-corrected chi connectivity index (χ1v) is 7.88. The number of nitrogens with zero attached hydrogens (tertiary/aromatic N) is 1. The van der Waals surface area contributed by atoms with Gasteiger partial charge in [-0.2, -0.15) is 0 Å². The number of rotatable bonds is 5. The Morgan fingerprint density at radius 1 is 1.38 bits per heavy atom. The van der Waals surface area contributed by atoms with Gasteiger partial charge in [-0.15, -0.1) is 23.7 Å². The highest BCUT2D eigenvalue weighted by molar-refractivity contribution is 7.17. The molecule has 0 spiro atoms. The molecule has 0 bridgehead atoms. The first-order chi connectivity index (χ1) is 9.54. The number of benzene rings is 1. The van der Waals surface area contributed by atoms with Crippen LogP contribution in [-0.4, -0.2) is 23.9 Å². The van der Waals surface area contributed by atoms with Gasteiger partial charge in [-0.1, -0.05) is 38.5 Å². The van der Waals surface area contributed by atoms with Crippen LogP contribution in [0.25, 0.3) is 10.1 Å². The third kappa shape index (κ3) is 3.96. The quantitative estimate of drug-likeness (QED) is 0.911. The lowest BCUT2D eigenvalue weighted by Crippen LogP contribution is -2.45. The highest BCUT2D eigenvalue weighted by Gasteiger charge is 2.23. The Kier molecular flexibility index (Phi) is 6.65. The van der Waals surface area contributed by atoms with Crippen molar-refractivity contribution < 1.29 is 4.79 Å². The van der Waals surface area contributed by atoms with E-state index in [1.807, 2.05) is 26.1 Å². The van der Waals surface area contributed by atoms with E-state index < -0.39 is 6.04 Å². The van der Waals surface area contributed by atoms with Crippen LogP contribution in [0.3, 0.4) is 0 Å². The topological polar surface area (TPSA) is 46.3 Å². The SMILES string of the molecule is CCC(C)C(N)C(=O)N(C)Cc1csc2ccccc12.Cl. The van der Waals surface area contributed by atoms with Crippen molar-refractivity contribution >= 4 is 39.7 Å². The van der Waals surface area contributed by atoms with Gasteiger partial charge in [0, 0.05) is 18.3 Å². The molecule has 3 nitrogen and oxygen atoms in total. The third-order valence-electron chi connectivity index (χ3n) is 3.89. The number of likely N-dealkylation sites (N-methyl/N-ethyl adjacent to an activating group) is 1. The predicted octanol–water partition coefficient (Wildman–Crippen LogP) is 3.65. The van der Waals surface area contributed by atoms with Crippen LogP contribution in [0, 0.1) is 5.92 Å². The lowest BCUT2D eigenvalue weighted by Gasteiger charge is -2.24. The van der Waals surface area contributed by atoms with E-state index in [2.05, 4.69) is 24.4 Å². The second-order valence-corrected chi connectivity index (χ2v) is 6.27. The van der Waals surface area contributed by atoms with Gasteiger partial charge >= 0.3 is 0 Å². The Balaban J connectivity index is 0.00000220. The Morgan fingerprint density at radius 3 is 2.71 bits per heavy atom. The molecule has 2 atom stereocenters. The molecule has 1 heterocycles. The van der Waals surface area contributed by atoms with Gasteiger partial charge in [0.25, 0.3) is 0 Å². The average molecular weight is 327 g/mol. The zero-order valence-corrected chi connectivity index (χ0v) is 14.3. The van der Waals surface area contributed by atoms with E-state index in [4.69, 9.17) is 5.73 Å². The monoisotopic (exact) mass is 326 g/mol. The number of hydrogen-bond donors (Lipinski definition) is 1. The van der Waals surface area contributed by atoms with E-state index in [1.54, 1.807) is 16.2 Å². The summed E-state index contributed by atoms with van der Waals surface area (Å²) in [5.41, 5.74) is 7.22. The van der Waals surface area contributed by atoms with Crippen molar-refractivity contribution in [3.8, 4) is 0 Å². The number of thiophene rings is 1. The van der Waals surface area contributed by atoms with E-state index in [-0.39, 0.29) is 24.2 Å². The normalized spacial score (nSPS) is 13.5. The van der Waals surface area contributed by atoms with Crippen molar-refractivity contribution in [2.45, 2.75) is 32.9 Å². The molecule has 116 valence electrons. The minimum absolute atomic E-state index is 0. The summed E-state index contributed by atoms with van der Waals surface area (Å²) < 4.78 is 1.26. The molecule has 0 radical (unpaired) electrons. The summed E-state index contributed by atoms with van der Waals surface area (Å²) in [5, 5.41) is 3.36. The van der Waals surface area contributed by atoms with Crippen molar-refractivity contribution in [1.82, 2.24) is 4.90 Å². The molecular formula is C16H23ClN2OS. The van der Waals surface area contributed by atoms with E-state index >= 15 is 0 Å². The number of fused-ring (bicyclic) bond motifs is 1. The summed E-state index contributed by atoms with van der Waals surface area (Å²) in [6.45, 7) is 4.70. The molecule has 5 heteroatoms. The number of carbonyl (C=O) groups is 1. The smallest absolute Gasteiger partial charge is 0.239 e. The minimum Gasteiger partial charge on any atom is -0.340 e. The van der Waals surface area contributed by atoms with Crippen LogP contribution in [0.15, 0.2) is 29.6 Å². The molecule has 0 saturated heterocycles. The van der Waals surface area contributed by atoms with Gasteiger partial charge in [0.15, 0.2) is 0 Å². The molecule has 0 fully saturated rings. The fraction of sp³-hybridized carbons (Fsp3) is 0.438. The molecule has 2 rings (SSSR count). The van der Waals surface area contributed by atoms with Crippen molar-refractivity contribution in [3.63, 3.8) is 0 Å². The van der Waals surface area contributed by atoms with Gasteiger partial charge in [-0.3, -0.25) is 4.79 Å². The fourth-order valence-corrected chi connectivity index (χ4v) is 3.19. The molecule has 1 aromatic carbocycles. The van der Waals surface area contributed by atoms with E-state index in [9.17, 15) is 4.79 Å². The van der Waals surface area contributed by atoms with Crippen molar-refractivity contribution in [2.75, 3.05) is 7.05 Å². The van der Waals surface area contributed by atoms with Gasteiger partial charge in [0.05, 0.1) is 6.04 Å². The number of carbonyl (C=O) groups excluding carboxylic acids is 1. The standard InChI is InChI=1S/C16H22N2OS.ClH/c1-4-11(2)15(17)16(19)18(3)9-12-10-20-14-8-6-5-7-13(12)14;/h5-8,10-11,15H,4,9,17H2,1-3H3;1H. The largest absolute Gasteiger partial charge is 0.340 e. The maximum Gasteiger partial charge on any atom is 0.239 e. The lowest BCUT2D eigenvalue weighted by molar-refractivity contribution is -0.132. The van der Waals surface area contributed by atoms with Crippen molar-refractivity contribution in [2.24, 2.45) is 11.7 Å². The molecule has 21 heavy (non-hydrogen) atoms. The van der Waals surface area contributed by atoms with Crippen LogP contribution >= 0.6 is 23.7 Å². The average Bonchev–Trinajstić information content (AvgIpc) is 2.88. The van der Waals surface area contributed by atoms with E-state index in [0.717, 1.165) is 6.42 Å². The van der Waals surface area contributed by atoms with E-state index in [1.165, 1.54) is 15.6 Å². The molecule has 2 N–H and O–H groups in total. The molecule has 1 amide bonds. The summed E-state index contributed by atoms with van der Waals surface area (Å²) in [6, 6.07) is 7.88. The molecule has 0 aliphatic rings. The van der Waals surface area contributed by atoms with Gasteiger partial charge < -0.3 is 10.6 Å². The third-order valence-corrected chi connectivity index (χ3v) is 4.90. The zero-order chi connectivity index (χ0) is 14.7.